The van der Waals surface area contributed by atoms with Crippen LogP contribution in [0.15, 0.2) is 59.4 Å². The molecule has 27 heavy (non-hydrogen) atoms. The number of halogens is 3. The van der Waals surface area contributed by atoms with Crippen LogP contribution in [0.1, 0.15) is 16.7 Å². The summed E-state index contributed by atoms with van der Waals surface area (Å²) < 4.78 is 43.3. The fraction of sp³-hybridized carbons (Fsp3) is 0.111. The first-order valence-corrected chi connectivity index (χ1v) is 7.70. The number of nitrogens with zero attached hydrogens (tertiary/aromatic N) is 2. The van der Waals surface area contributed by atoms with Crippen LogP contribution in [0.5, 0.6) is 0 Å². The second-order valence-corrected chi connectivity index (χ2v) is 5.72. The van der Waals surface area contributed by atoms with Crippen molar-refractivity contribution in [2.75, 3.05) is 12.0 Å². The van der Waals surface area contributed by atoms with E-state index in [1.165, 1.54) is 12.1 Å². The number of rotatable bonds is 1. The fourth-order valence-electron chi connectivity index (χ4n) is 2.71. The Morgan fingerprint density at radius 1 is 1.11 bits per heavy atom. The van der Waals surface area contributed by atoms with Crippen molar-refractivity contribution in [2.45, 2.75) is 6.18 Å². The van der Waals surface area contributed by atoms with E-state index in [0.29, 0.717) is 11.5 Å². The van der Waals surface area contributed by atoms with Crippen LogP contribution in [-0.2, 0) is 10.9 Å². The molecule has 0 atom stereocenters. The average Bonchev–Trinajstić information content (AvgIpc) is 2.99. The number of carbonyl (C=O) groups is 1. The summed E-state index contributed by atoms with van der Waals surface area (Å²) in [6, 6.07) is 11.1. The zero-order valence-electron chi connectivity index (χ0n) is 14.2. The van der Waals surface area contributed by atoms with Crippen molar-refractivity contribution in [3.63, 3.8) is 0 Å². The van der Waals surface area contributed by atoms with Crippen molar-refractivity contribution < 1.29 is 22.7 Å². The van der Waals surface area contributed by atoms with Crippen LogP contribution < -0.4 is 5.32 Å². The molecular weight excluding hydrogens is 370 g/mol. The van der Waals surface area contributed by atoms with E-state index in [-0.39, 0.29) is 42.0 Å². The Bertz CT molecular complexity index is 940. The smallest absolute Gasteiger partial charge is 0.416 e. The molecule has 0 aromatic heterocycles. The molecule has 9 heteroatoms. The Hall–Kier alpha value is -2.29. The van der Waals surface area contributed by atoms with E-state index in [4.69, 9.17) is 4.74 Å². The summed E-state index contributed by atoms with van der Waals surface area (Å²) >= 11 is 0. The van der Waals surface area contributed by atoms with Gasteiger partial charge in [-0.05, 0) is 35.9 Å². The van der Waals surface area contributed by atoms with Gasteiger partial charge in [0, 0.05) is 40.8 Å². The third-order valence-electron chi connectivity index (χ3n) is 4.00. The van der Waals surface area contributed by atoms with Gasteiger partial charge in [0.05, 0.1) is 5.56 Å². The van der Waals surface area contributed by atoms with Gasteiger partial charge in [-0.3, -0.25) is 0 Å². The number of alkyl halides is 3. The normalized spacial score (nSPS) is 14.9. The Morgan fingerprint density at radius 2 is 1.81 bits per heavy atom. The van der Waals surface area contributed by atoms with E-state index in [1.54, 1.807) is 0 Å². The summed E-state index contributed by atoms with van der Waals surface area (Å²) in [6.07, 6.45) is -2.58. The Morgan fingerprint density at radius 3 is 2.52 bits per heavy atom. The van der Waals surface area contributed by atoms with Crippen molar-refractivity contribution in [3.05, 3.63) is 71.0 Å². The van der Waals surface area contributed by atoms with Crippen molar-refractivity contribution in [1.29, 1.82) is 0 Å². The van der Waals surface area contributed by atoms with Crippen LogP contribution in [-0.4, -0.2) is 53.0 Å². The van der Waals surface area contributed by atoms with Crippen LogP contribution >= 0.6 is 0 Å². The minimum absolute atomic E-state index is 0. The zero-order valence-corrected chi connectivity index (χ0v) is 16.2. The average molecular weight is 382 g/mol. The molecule has 4 rings (SSSR count). The number of urea groups is 1. The number of hydrogen-bond donors (Lipinski definition) is 1. The first kappa shape index (κ1) is 19.5. The number of nitrogens with one attached hydrogen (secondary N) is 1. The van der Waals surface area contributed by atoms with Crippen molar-refractivity contribution in [2.24, 2.45) is 5.10 Å². The predicted molar refractivity (Wildman–Crippen MR) is 95.0 cm³/mol. The van der Waals surface area contributed by atoms with Gasteiger partial charge >= 0.3 is 12.2 Å². The molecule has 1 aliphatic carbocycles. The molecule has 1 aliphatic heterocycles. The topological polar surface area (TPSA) is 53.9 Å². The number of hydrogen-bond acceptors (Lipinski definition) is 3. The summed E-state index contributed by atoms with van der Waals surface area (Å²) in [5.74, 6) is 0.588. The molecule has 0 saturated heterocycles. The Balaban J connectivity index is 0.00000210. The molecule has 133 valence electrons. The monoisotopic (exact) mass is 382 g/mol. The molecule has 2 aromatic rings. The molecular formula is C18H12F3N3NaO2. The standard InChI is InChI=1S/C18H12F3N3O2.Na/c19-18(20,21)12-5-7-13(8-6-12)22-17(25)24-10-26-15-9-11-3-1-2-4-14(11)16(15)23-24;/h1-9H,10H2,(H,22,25);. The number of amides is 2. The number of allylic oxidation sites excluding steroid dienone is 1. The second kappa shape index (κ2) is 7.38. The number of carbonyl (C=O) groups excluding carboxylic acids is 1. The Kier molecular flexibility index (Phi) is 5.32. The second-order valence-electron chi connectivity index (χ2n) is 5.72. The summed E-state index contributed by atoms with van der Waals surface area (Å²) in [6.45, 7) is -0.0875. The van der Waals surface area contributed by atoms with Crippen molar-refractivity contribution in [1.82, 2.24) is 5.01 Å². The number of anilines is 1. The number of benzene rings is 2. The van der Waals surface area contributed by atoms with Gasteiger partial charge in [0.25, 0.3) is 0 Å². The molecule has 2 amide bonds. The molecule has 0 bridgehead atoms. The van der Waals surface area contributed by atoms with Crippen LogP contribution in [0, 0.1) is 0 Å². The third kappa shape index (κ3) is 3.87. The van der Waals surface area contributed by atoms with Gasteiger partial charge in [-0.2, -0.15) is 23.3 Å². The summed E-state index contributed by atoms with van der Waals surface area (Å²) in [5, 5.41) is 7.90. The molecule has 0 fully saturated rings. The van der Waals surface area contributed by atoms with E-state index in [1.807, 2.05) is 30.3 Å². The molecule has 1 radical (unpaired) electrons. The SMILES string of the molecule is O=C(Nc1ccc(C(F)(F)F)cc1)N1COC2=Cc3ccccc3C2=N1.[Na]. The van der Waals surface area contributed by atoms with E-state index in [0.717, 1.165) is 28.3 Å². The summed E-state index contributed by atoms with van der Waals surface area (Å²) in [4.78, 5) is 12.3. The van der Waals surface area contributed by atoms with Crippen LogP contribution in [0.25, 0.3) is 6.08 Å². The first-order valence-electron chi connectivity index (χ1n) is 7.70. The van der Waals surface area contributed by atoms with E-state index in [2.05, 4.69) is 10.4 Å². The number of ether oxygens (including phenoxy) is 1. The molecule has 2 aliphatic rings. The quantitative estimate of drug-likeness (QED) is 0.761. The number of fused-ring (bicyclic) bond motifs is 3. The van der Waals surface area contributed by atoms with Crippen LogP contribution in [0.4, 0.5) is 23.7 Å². The zero-order chi connectivity index (χ0) is 18.3. The van der Waals surface area contributed by atoms with E-state index in [9.17, 15) is 18.0 Å². The van der Waals surface area contributed by atoms with Gasteiger partial charge in [-0.25, -0.2) is 4.79 Å². The summed E-state index contributed by atoms with van der Waals surface area (Å²) in [7, 11) is 0. The molecule has 0 unspecified atom stereocenters. The summed E-state index contributed by atoms with van der Waals surface area (Å²) in [5.41, 5.74) is 1.81. The maximum Gasteiger partial charge on any atom is 0.416 e. The largest absolute Gasteiger partial charge is 0.469 e. The maximum absolute atomic E-state index is 12.6. The minimum Gasteiger partial charge on any atom is -0.469 e. The third-order valence-corrected chi connectivity index (χ3v) is 4.00. The van der Waals surface area contributed by atoms with E-state index < -0.39 is 17.8 Å². The number of hydrazone groups is 1. The fourth-order valence-corrected chi connectivity index (χ4v) is 2.71. The van der Waals surface area contributed by atoms with E-state index >= 15 is 0 Å². The van der Waals surface area contributed by atoms with Crippen molar-refractivity contribution >= 4 is 53.1 Å². The van der Waals surface area contributed by atoms with Crippen LogP contribution in [0.2, 0.25) is 0 Å². The van der Waals surface area contributed by atoms with Gasteiger partial charge in [0.15, 0.2) is 12.5 Å². The van der Waals surface area contributed by atoms with Gasteiger partial charge in [-0.1, -0.05) is 24.3 Å². The molecule has 1 heterocycles. The van der Waals surface area contributed by atoms with Gasteiger partial charge in [0.1, 0.15) is 5.71 Å². The van der Waals surface area contributed by atoms with Crippen LogP contribution in [0.3, 0.4) is 0 Å². The van der Waals surface area contributed by atoms with Crippen molar-refractivity contribution in [3.8, 4) is 0 Å². The molecule has 0 saturated carbocycles. The minimum atomic E-state index is -4.42. The molecule has 0 spiro atoms. The maximum atomic E-state index is 12.6. The Labute approximate surface area is 174 Å². The van der Waals surface area contributed by atoms with Gasteiger partial charge < -0.3 is 10.1 Å². The molecule has 5 nitrogen and oxygen atoms in total. The first-order chi connectivity index (χ1) is 12.4. The molecule has 1 N–H and O–H groups in total. The molecule has 2 aromatic carbocycles. The predicted octanol–water partition coefficient (Wildman–Crippen LogP) is 3.91. The van der Waals surface area contributed by atoms with Gasteiger partial charge in [0.2, 0.25) is 0 Å². The van der Waals surface area contributed by atoms with Gasteiger partial charge in [-0.15, -0.1) is 0 Å².